The Bertz CT molecular complexity index is 814. The van der Waals surface area contributed by atoms with Gasteiger partial charge in [0.2, 0.25) is 0 Å². The molecule has 6 heteroatoms. The second-order valence-corrected chi connectivity index (χ2v) is 5.70. The van der Waals surface area contributed by atoms with Crippen LogP contribution in [0, 0.1) is 0 Å². The summed E-state index contributed by atoms with van der Waals surface area (Å²) in [5.41, 5.74) is 13.3. The van der Waals surface area contributed by atoms with Crippen LogP contribution in [0.15, 0.2) is 54.7 Å². The Labute approximate surface area is 131 Å². The first kappa shape index (κ1) is 14.1. The Morgan fingerprint density at radius 1 is 1.14 bits per heavy atom. The van der Waals surface area contributed by atoms with Gasteiger partial charge in [0.1, 0.15) is 5.00 Å². The third-order valence-electron chi connectivity index (χ3n) is 3.13. The number of primary amides is 1. The summed E-state index contributed by atoms with van der Waals surface area (Å²) >= 11 is 1.44. The van der Waals surface area contributed by atoms with Crippen molar-refractivity contribution in [2.75, 3.05) is 11.1 Å². The average Bonchev–Trinajstić information content (AvgIpc) is 2.95. The fourth-order valence-electron chi connectivity index (χ4n) is 2.04. The number of nitrogens with one attached hydrogen (secondary N) is 1. The van der Waals surface area contributed by atoms with E-state index in [0.717, 1.165) is 10.4 Å². The summed E-state index contributed by atoms with van der Waals surface area (Å²) in [6.07, 6.45) is 1.63. The molecule has 1 amide bonds. The second-order valence-electron chi connectivity index (χ2n) is 4.65. The van der Waals surface area contributed by atoms with Crippen molar-refractivity contribution in [3.63, 3.8) is 0 Å². The number of nitrogens with two attached hydrogens (primary N) is 2. The van der Waals surface area contributed by atoms with Crippen LogP contribution in [0.2, 0.25) is 0 Å². The van der Waals surface area contributed by atoms with Crippen molar-refractivity contribution < 1.29 is 4.79 Å². The van der Waals surface area contributed by atoms with E-state index < -0.39 is 5.91 Å². The third kappa shape index (κ3) is 2.77. The maximum atomic E-state index is 11.7. The van der Waals surface area contributed by atoms with Crippen LogP contribution in [0.25, 0.3) is 10.4 Å². The molecule has 0 bridgehead atoms. The number of amides is 1. The van der Waals surface area contributed by atoms with E-state index in [9.17, 15) is 4.79 Å². The molecular weight excluding hydrogens is 296 g/mol. The van der Waals surface area contributed by atoms with E-state index in [1.807, 2.05) is 30.3 Å². The SMILES string of the molecule is NC(=O)c1cc(-c2ccccc2)sc1Nc1ncccc1N. The van der Waals surface area contributed by atoms with E-state index in [1.165, 1.54) is 11.3 Å². The number of pyridine rings is 1. The summed E-state index contributed by atoms with van der Waals surface area (Å²) in [7, 11) is 0. The van der Waals surface area contributed by atoms with Gasteiger partial charge in [-0.3, -0.25) is 4.79 Å². The summed E-state index contributed by atoms with van der Waals surface area (Å²) in [6, 6.07) is 15.1. The second kappa shape index (κ2) is 5.87. The number of thiophene rings is 1. The number of hydrogen-bond donors (Lipinski definition) is 3. The first-order valence-electron chi connectivity index (χ1n) is 6.61. The highest BCUT2D eigenvalue weighted by Crippen LogP contribution is 2.37. The predicted molar refractivity (Wildman–Crippen MR) is 90.2 cm³/mol. The lowest BCUT2D eigenvalue weighted by Gasteiger charge is -2.06. The molecular formula is C16H14N4OS. The Balaban J connectivity index is 2.02. The van der Waals surface area contributed by atoms with Gasteiger partial charge in [-0.05, 0) is 23.8 Å². The van der Waals surface area contributed by atoms with Crippen molar-refractivity contribution in [1.29, 1.82) is 0 Å². The van der Waals surface area contributed by atoms with Crippen LogP contribution in [0.5, 0.6) is 0 Å². The molecule has 0 spiro atoms. The summed E-state index contributed by atoms with van der Waals surface area (Å²) in [5, 5.41) is 3.73. The molecule has 0 atom stereocenters. The van der Waals surface area contributed by atoms with Crippen LogP contribution in [-0.4, -0.2) is 10.9 Å². The van der Waals surface area contributed by atoms with Gasteiger partial charge in [-0.1, -0.05) is 30.3 Å². The summed E-state index contributed by atoms with van der Waals surface area (Å²) < 4.78 is 0. The molecule has 0 aliphatic rings. The number of aromatic nitrogens is 1. The van der Waals surface area contributed by atoms with Crippen LogP contribution < -0.4 is 16.8 Å². The van der Waals surface area contributed by atoms with Crippen LogP contribution in [0.4, 0.5) is 16.5 Å². The van der Waals surface area contributed by atoms with Crippen molar-refractivity contribution in [2.45, 2.75) is 0 Å². The van der Waals surface area contributed by atoms with Crippen molar-refractivity contribution >= 4 is 33.8 Å². The monoisotopic (exact) mass is 310 g/mol. The minimum atomic E-state index is -0.490. The van der Waals surface area contributed by atoms with Crippen molar-refractivity contribution in [3.8, 4) is 10.4 Å². The van der Waals surface area contributed by atoms with Crippen LogP contribution >= 0.6 is 11.3 Å². The van der Waals surface area contributed by atoms with Gasteiger partial charge in [0, 0.05) is 11.1 Å². The number of rotatable bonds is 4. The molecule has 5 N–H and O–H groups in total. The predicted octanol–water partition coefficient (Wildman–Crippen LogP) is 3.23. The van der Waals surface area contributed by atoms with Gasteiger partial charge in [-0.25, -0.2) is 4.98 Å². The van der Waals surface area contributed by atoms with Gasteiger partial charge in [0.05, 0.1) is 11.3 Å². The van der Waals surface area contributed by atoms with Crippen LogP contribution in [0.3, 0.4) is 0 Å². The smallest absolute Gasteiger partial charge is 0.251 e. The normalized spacial score (nSPS) is 10.4. The van der Waals surface area contributed by atoms with Gasteiger partial charge in [-0.15, -0.1) is 11.3 Å². The number of hydrogen-bond acceptors (Lipinski definition) is 5. The minimum absolute atomic E-state index is 0.425. The third-order valence-corrected chi connectivity index (χ3v) is 4.23. The molecule has 0 aliphatic carbocycles. The Kier molecular flexibility index (Phi) is 3.76. The molecule has 0 aliphatic heterocycles. The van der Waals surface area contributed by atoms with Crippen molar-refractivity contribution in [2.24, 2.45) is 5.73 Å². The molecule has 0 unspecified atom stereocenters. The number of nitrogens with zero attached hydrogens (tertiary/aromatic N) is 1. The lowest BCUT2D eigenvalue weighted by Crippen LogP contribution is -2.11. The number of benzene rings is 1. The zero-order valence-corrected chi connectivity index (χ0v) is 12.4. The standard InChI is InChI=1S/C16H14N4OS/c17-12-7-4-8-19-15(12)20-16-11(14(18)21)9-13(22-16)10-5-2-1-3-6-10/h1-9H,17H2,(H2,18,21)(H,19,20). The molecule has 3 aromatic rings. The Hall–Kier alpha value is -2.86. The summed E-state index contributed by atoms with van der Waals surface area (Å²) in [6.45, 7) is 0. The lowest BCUT2D eigenvalue weighted by atomic mass is 10.1. The molecule has 110 valence electrons. The fraction of sp³-hybridized carbons (Fsp3) is 0. The molecule has 5 nitrogen and oxygen atoms in total. The number of nitrogen functional groups attached to an aromatic ring is 1. The van der Waals surface area contributed by atoms with E-state index in [2.05, 4.69) is 10.3 Å². The summed E-state index contributed by atoms with van der Waals surface area (Å²) in [5.74, 6) is 0.0156. The molecule has 0 fully saturated rings. The van der Waals surface area contributed by atoms with Gasteiger partial charge < -0.3 is 16.8 Å². The topological polar surface area (TPSA) is 94.0 Å². The number of carbonyl (C=O) groups is 1. The Morgan fingerprint density at radius 2 is 1.91 bits per heavy atom. The molecule has 0 saturated heterocycles. The largest absolute Gasteiger partial charge is 0.396 e. The van der Waals surface area contributed by atoms with Gasteiger partial charge in [-0.2, -0.15) is 0 Å². The molecule has 0 radical (unpaired) electrons. The molecule has 2 heterocycles. The van der Waals surface area contributed by atoms with E-state index >= 15 is 0 Å². The zero-order chi connectivity index (χ0) is 15.5. The average molecular weight is 310 g/mol. The maximum absolute atomic E-state index is 11.7. The highest BCUT2D eigenvalue weighted by molar-refractivity contribution is 7.19. The van der Waals surface area contributed by atoms with Crippen molar-refractivity contribution in [3.05, 3.63) is 60.3 Å². The molecule has 2 aromatic heterocycles. The van der Waals surface area contributed by atoms with Crippen molar-refractivity contribution in [1.82, 2.24) is 4.98 Å². The first-order valence-corrected chi connectivity index (χ1v) is 7.43. The van der Waals surface area contributed by atoms with E-state index in [4.69, 9.17) is 11.5 Å². The van der Waals surface area contributed by atoms with E-state index in [0.29, 0.717) is 22.1 Å². The molecule has 3 rings (SSSR count). The lowest BCUT2D eigenvalue weighted by molar-refractivity contribution is 0.100. The quantitative estimate of drug-likeness (QED) is 0.689. The Morgan fingerprint density at radius 3 is 2.59 bits per heavy atom. The van der Waals surface area contributed by atoms with Gasteiger partial charge in [0.15, 0.2) is 5.82 Å². The van der Waals surface area contributed by atoms with Gasteiger partial charge >= 0.3 is 0 Å². The highest BCUT2D eigenvalue weighted by atomic mass is 32.1. The minimum Gasteiger partial charge on any atom is -0.396 e. The molecule has 1 aromatic carbocycles. The molecule has 0 saturated carbocycles. The maximum Gasteiger partial charge on any atom is 0.251 e. The van der Waals surface area contributed by atoms with E-state index in [-0.39, 0.29) is 0 Å². The zero-order valence-electron chi connectivity index (χ0n) is 11.6. The first-order chi connectivity index (χ1) is 10.6. The van der Waals surface area contributed by atoms with Gasteiger partial charge in [0.25, 0.3) is 5.91 Å². The fourth-order valence-corrected chi connectivity index (χ4v) is 3.11. The summed E-state index contributed by atoms with van der Waals surface area (Å²) in [4.78, 5) is 16.8. The highest BCUT2D eigenvalue weighted by Gasteiger charge is 2.16. The number of carbonyl (C=O) groups excluding carboxylic acids is 1. The van der Waals surface area contributed by atoms with E-state index in [1.54, 1.807) is 24.4 Å². The van der Waals surface area contributed by atoms with Crippen LogP contribution in [-0.2, 0) is 0 Å². The molecule has 22 heavy (non-hydrogen) atoms. The van der Waals surface area contributed by atoms with Crippen LogP contribution in [0.1, 0.15) is 10.4 Å². The number of anilines is 3.